The molecule has 0 saturated carbocycles. The van der Waals surface area contributed by atoms with E-state index in [1.807, 2.05) is 0 Å². The number of aryl methyl sites for hydroxylation is 1. The number of nitrogens with zero attached hydrogens (tertiary/aromatic N) is 3. The standard InChI is InChI=1S/C12H15N3O3/c1-15-11(7-13-14-15)12(16)8-4-9(17-2)6-10(5-8)18-3/h4-7,12,16H,1-3H3. The van der Waals surface area contributed by atoms with Crippen molar-refractivity contribution in [2.75, 3.05) is 14.2 Å². The highest BCUT2D eigenvalue weighted by molar-refractivity contribution is 5.41. The predicted octanol–water partition coefficient (Wildman–Crippen LogP) is 0.914. The van der Waals surface area contributed by atoms with Crippen LogP contribution in [0, 0.1) is 0 Å². The molecule has 0 aliphatic heterocycles. The molecule has 2 rings (SSSR count). The van der Waals surface area contributed by atoms with E-state index < -0.39 is 6.10 Å². The van der Waals surface area contributed by atoms with Crippen molar-refractivity contribution < 1.29 is 14.6 Å². The zero-order chi connectivity index (χ0) is 13.1. The highest BCUT2D eigenvalue weighted by atomic mass is 16.5. The third kappa shape index (κ3) is 2.28. The number of hydrogen-bond donors (Lipinski definition) is 1. The first-order chi connectivity index (χ1) is 8.65. The molecule has 0 spiro atoms. The summed E-state index contributed by atoms with van der Waals surface area (Å²) in [5.74, 6) is 1.25. The summed E-state index contributed by atoms with van der Waals surface area (Å²) in [5, 5.41) is 17.8. The van der Waals surface area contributed by atoms with E-state index in [4.69, 9.17) is 9.47 Å². The first-order valence-corrected chi connectivity index (χ1v) is 5.41. The average molecular weight is 249 g/mol. The second-order valence-electron chi connectivity index (χ2n) is 3.83. The van der Waals surface area contributed by atoms with Gasteiger partial charge in [0.1, 0.15) is 17.6 Å². The Labute approximate surface area is 105 Å². The minimum Gasteiger partial charge on any atom is -0.497 e. The molecule has 0 aliphatic carbocycles. The van der Waals surface area contributed by atoms with Crippen LogP contribution in [-0.2, 0) is 7.05 Å². The van der Waals surface area contributed by atoms with Gasteiger partial charge in [-0.3, -0.25) is 0 Å². The number of methoxy groups -OCH3 is 2. The predicted molar refractivity (Wildman–Crippen MR) is 64.6 cm³/mol. The second-order valence-corrected chi connectivity index (χ2v) is 3.83. The van der Waals surface area contributed by atoms with Crippen molar-refractivity contribution in [3.63, 3.8) is 0 Å². The van der Waals surface area contributed by atoms with Gasteiger partial charge in [0.05, 0.1) is 26.1 Å². The van der Waals surface area contributed by atoms with Gasteiger partial charge in [-0.25, -0.2) is 4.68 Å². The summed E-state index contributed by atoms with van der Waals surface area (Å²) in [6.45, 7) is 0. The van der Waals surface area contributed by atoms with Gasteiger partial charge in [-0.05, 0) is 17.7 Å². The Bertz CT molecular complexity index is 517. The van der Waals surface area contributed by atoms with Gasteiger partial charge >= 0.3 is 0 Å². The van der Waals surface area contributed by atoms with E-state index in [0.29, 0.717) is 22.8 Å². The molecule has 0 bridgehead atoms. The lowest BCUT2D eigenvalue weighted by Crippen LogP contribution is -2.07. The van der Waals surface area contributed by atoms with Crippen molar-refractivity contribution >= 4 is 0 Å². The van der Waals surface area contributed by atoms with Crippen molar-refractivity contribution in [2.24, 2.45) is 7.05 Å². The first kappa shape index (κ1) is 12.4. The molecular formula is C12H15N3O3. The zero-order valence-electron chi connectivity index (χ0n) is 10.5. The van der Waals surface area contributed by atoms with E-state index in [1.165, 1.54) is 10.9 Å². The van der Waals surface area contributed by atoms with Gasteiger partial charge in [-0.2, -0.15) is 0 Å². The number of ether oxygens (including phenoxy) is 2. The maximum Gasteiger partial charge on any atom is 0.123 e. The first-order valence-electron chi connectivity index (χ1n) is 5.41. The Morgan fingerprint density at radius 2 is 1.78 bits per heavy atom. The van der Waals surface area contributed by atoms with Gasteiger partial charge in [-0.15, -0.1) is 5.10 Å². The molecule has 1 aromatic carbocycles. The number of rotatable bonds is 4. The van der Waals surface area contributed by atoms with Crippen LogP contribution in [0.5, 0.6) is 11.5 Å². The molecule has 0 saturated heterocycles. The summed E-state index contributed by atoms with van der Waals surface area (Å²) in [6, 6.07) is 5.25. The lowest BCUT2D eigenvalue weighted by molar-refractivity contribution is 0.208. The molecule has 1 atom stereocenters. The SMILES string of the molecule is COc1cc(OC)cc(C(O)c2cnnn2C)c1. The highest BCUT2D eigenvalue weighted by Crippen LogP contribution is 2.29. The van der Waals surface area contributed by atoms with Crippen LogP contribution in [0.3, 0.4) is 0 Å². The zero-order valence-corrected chi connectivity index (χ0v) is 10.5. The fourth-order valence-corrected chi connectivity index (χ4v) is 1.70. The van der Waals surface area contributed by atoms with Crippen LogP contribution in [0.1, 0.15) is 17.4 Å². The monoisotopic (exact) mass is 249 g/mol. The summed E-state index contributed by atoms with van der Waals surface area (Å²) in [6.07, 6.45) is 0.699. The van der Waals surface area contributed by atoms with E-state index in [0.717, 1.165) is 0 Å². The quantitative estimate of drug-likeness (QED) is 0.872. The van der Waals surface area contributed by atoms with Crippen LogP contribution in [-0.4, -0.2) is 34.3 Å². The third-order valence-corrected chi connectivity index (χ3v) is 2.72. The van der Waals surface area contributed by atoms with Gasteiger partial charge in [0.15, 0.2) is 0 Å². The maximum atomic E-state index is 10.3. The van der Waals surface area contributed by atoms with E-state index >= 15 is 0 Å². The van der Waals surface area contributed by atoms with Crippen molar-refractivity contribution in [3.05, 3.63) is 35.7 Å². The van der Waals surface area contributed by atoms with Crippen LogP contribution < -0.4 is 9.47 Å². The van der Waals surface area contributed by atoms with Crippen molar-refractivity contribution in [3.8, 4) is 11.5 Å². The Morgan fingerprint density at radius 3 is 2.22 bits per heavy atom. The molecule has 0 aliphatic rings. The molecule has 1 heterocycles. The van der Waals surface area contributed by atoms with E-state index in [2.05, 4.69) is 10.3 Å². The molecule has 2 aromatic rings. The maximum absolute atomic E-state index is 10.3. The van der Waals surface area contributed by atoms with Gasteiger partial charge in [0.2, 0.25) is 0 Å². The van der Waals surface area contributed by atoms with Crippen LogP contribution in [0.4, 0.5) is 0 Å². The van der Waals surface area contributed by atoms with E-state index in [9.17, 15) is 5.11 Å². The number of aliphatic hydroxyl groups is 1. The van der Waals surface area contributed by atoms with Gasteiger partial charge in [-0.1, -0.05) is 5.21 Å². The average Bonchev–Trinajstić information content (AvgIpc) is 2.83. The van der Waals surface area contributed by atoms with E-state index in [-0.39, 0.29) is 0 Å². The molecule has 6 heteroatoms. The van der Waals surface area contributed by atoms with Gasteiger partial charge in [0.25, 0.3) is 0 Å². The molecule has 18 heavy (non-hydrogen) atoms. The van der Waals surface area contributed by atoms with Crippen molar-refractivity contribution in [1.82, 2.24) is 15.0 Å². The Balaban J connectivity index is 2.41. The Hall–Kier alpha value is -2.08. The topological polar surface area (TPSA) is 69.4 Å². The third-order valence-electron chi connectivity index (χ3n) is 2.72. The normalized spacial score (nSPS) is 12.2. The molecule has 1 N–H and O–H groups in total. The molecule has 0 fully saturated rings. The molecule has 1 aromatic heterocycles. The Morgan fingerprint density at radius 1 is 1.17 bits per heavy atom. The van der Waals surface area contributed by atoms with E-state index in [1.54, 1.807) is 39.5 Å². The fraction of sp³-hybridized carbons (Fsp3) is 0.333. The summed E-state index contributed by atoms with van der Waals surface area (Å²) in [4.78, 5) is 0. The lowest BCUT2D eigenvalue weighted by Gasteiger charge is -2.13. The molecule has 96 valence electrons. The molecular weight excluding hydrogens is 234 g/mol. The summed E-state index contributed by atoms with van der Waals surface area (Å²) < 4.78 is 11.9. The largest absolute Gasteiger partial charge is 0.497 e. The number of aliphatic hydroxyl groups excluding tert-OH is 1. The van der Waals surface area contributed by atoms with Crippen LogP contribution >= 0.6 is 0 Å². The molecule has 0 amide bonds. The molecule has 1 unspecified atom stereocenters. The highest BCUT2D eigenvalue weighted by Gasteiger charge is 2.16. The fourth-order valence-electron chi connectivity index (χ4n) is 1.70. The van der Waals surface area contributed by atoms with Crippen molar-refractivity contribution in [1.29, 1.82) is 0 Å². The second kappa shape index (κ2) is 5.05. The van der Waals surface area contributed by atoms with Crippen LogP contribution in [0.25, 0.3) is 0 Å². The lowest BCUT2D eigenvalue weighted by atomic mass is 10.1. The van der Waals surface area contributed by atoms with Crippen LogP contribution in [0.15, 0.2) is 24.4 Å². The number of aromatic nitrogens is 3. The van der Waals surface area contributed by atoms with Gasteiger partial charge in [0, 0.05) is 13.1 Å². The summed E-state index contributed by atoms with van der Waals surface area (Å²) in [5.41, 5.74) is 1.27. The van der Waals surface area contributed by atoms with Gasteiger partial charge < -0.3 is 14.6 Å². The smallest absolute Gasteiger partial charge is 0.123 e. The van der Waals surface area contributed by atoms with Crippen LogP contribution in [0.2, 0.25) is 0 Å². The summed E-state index contributed by atoms with van der Waals surface area (Å²) >= 11 is 0. The number of hydrogen-bond acceptors (Lipinski definition) is 5. The number of benzene rings is 1. The minimum absolute atomic E-state index is 0.602. The molecule has 6 nitrogen and oxygen atoms in total. The summed E-state index contributed by atoms with van der Waals surface area (Å²) in [7, 11) is 4.86. The van der Waals surface area contributed by atoms with Crippen molar-refractivity contribution in [2.45, 2.75) is 6.10 Å². The Kier molecular flexibility index (Phi) is 3.47. The molecule has 0 radical (unpaired) electrons. The minimum atomic E-state index is -0.825.